The summed E-state index contributed by atoms with van der Waals surface area (Å²) in [5.41, 5.74) is 3.02. The lowest BCUT2D eigenvalue weighted by Gasteiger charge is -2.16. The molecule has 0 fully saturated rings. The van der Waals surface area contributed by atoms with Crippen molar-refractivity contribution < 1.29 is 32.9 Å². The lowest BCUT2D eigenvalue weighted by Crippen LogP contribution is -2.10. The van der Waals surface area contributed by atoms with E-state index in [1.165, 1.54) is 12.1 Å². The molecule has 42 heavy (non-hydrogen) atoms. The monoisotopic (exact) mass is 572 g/mol. The maximum atomic E-state index is 13.4. The number of allylic oxidation sites excluding steroid dienone is 1. The summed E-state index contributed by atoms with van der Waals surface area (Å²) in [7, 11) is 0. The van der Waals surface area contributed by atoms with Crippen LogP contribution in [0.5, 0.6) is 5.75 Å². The van der Waals surface area contributed by atoms with Crippen molar-refractivity contribution >= 4 is 17.8 Å². The smallest absolute Gasteiger partial charge is 0.416 e. The molecule has 7 heteroatoms. The van der Waals surface area contributed by atoms with Gasteiger partial charge in [-0.05, 0) is 60.6 Å². The number of aromatic carboxylic acids is 1. The number of benzene rings is 4. The summed E-state index contributed by atoms with van der Waals surface area (Å²) in [6.45, 7) is 3.32. The van der Waals surface area contributed by atoms with Crippen LogP contribution < -0.4 is 4.74 Å². The zero-order valence-corrected chi connectivity index (χ0v) is 22.9. The van der Waals surface area contributed by atoms with Crippen LogP contribution in [0.25, 0.3) is 11.8 Å². The van der Waals surface area contributed by atoms with Gasteiger partial charge in [0.05, 0.1) is 11.1 Å². The van der Waals surface area contributed by atoms with Crippen LogP contribution in [0.4, 0.5) is 13.2 Å². The SMILES string of the molecule is C=C(O)c1ccc(CCC(/C=C/c2ccccc2OCc2ccccc2C(F)(F)F)Cc2ccc(C(=O)O)cc2)cc1. The van der Waals surface area contributed by atoms with E-state index in [1.807, 2.05) is 42.5 Å². The van der Waals surface area contributed by atoms with Crippen molar-refractivity contribution in [3.05, 3.63) is 149 Å². The van der Waals surface area contributed by atoms with E-state index in [0.29, 0.717) is 17.7 Å². The van der Waals surface area contributed by atoms with Gasteiger partial charge in [-0.2, -0.15) is 13.2 Å². The van der Waals surface area contributed by atoms with Crippen molar-refractivity contribution in [2.45, 2.75) is 32.0 Å². The van der Waals surface area contributed by atoms with E-state index >= 15 is 0 Å². The first-order valence-corrected chi connectivity index (χ1v) is 13.4. The second-order valence-electron chi connectivity index (χ2n) is 9.99. The molecule has 0 aromatic heterocycles. The van der Waals surface area contributed by atoms with Crippen molar-refractivity contribution in [2.75, 3.05) is 0 Å². The van der Waals surface area contributed by atoms with Crippen LogP contribution in [-0.2, 0) is 25.6 Å². The highest BCUT2D eigenvalue weighted by Crippen LogP contribution is 2.33. The molecule has 4 aromatic rings. The molecule has 216 valence electrons. The Labute approximate surface area is 243 Å². The minimum atomic E-state index is -4.47. The standard InChI is InChI=1S/C35H31F3O4/c1-24(39)28-17-12-25(13-18-28)10-11-26(22-27-15-20-30(21-16-27)34(40)41)14-19-29-6-3-5-9-33(29)42-23-31-7-2-4-8-32(31)35(36,37)38/h2-9,12-21,26,39H,1,10-11,22-23H2,(H,40,41)/b19-14+. The van der Waals surface area contributed by atoms with Gasteiger partial charge in [0.1, 0.15) is 18.1 Å². The molecule has 0 bridgehead atoms. The molecule has 0 aliphatic rings. The summed E-state index contributed by atoms with van der Waals surface area (Å²) in [5, 5.41) is 18.8. The van der Waals surface area contributed by atoms with E-state index in [2.05, 4.69) is 12.7 Å². The normalized spacial score (nSPS) is 12.3. The number of aryl methyl sites for hydroxylation is 1. The van der Waals surface area contributed by atoms with Crippen LogP contribution in [0.2, 0.25) is 0 Å². The molecule has 2 N–H and O–H groups in total. The molecule has 0 radical (unpaired) electrons. The van der Waals surface area contributed by atoms with E-state index in [-0.39, 0.29) is 29.4 Å². The molecule has 0 aliphatic heterocycles. The van der Waals surface area contributed by atoms with Gasteiger partial charge in [0.2, 0.25) is 0 Å². The second-order valence-corrected chi connectivity index (χ2v) is 9.99. The average molecular weight is 573 g/mol. The third-order valence-corrected chi connectivity index (χ3v) is 6.96. The molecule has 0 heterocycles. The minimum Gasteiger partial charge on any atom is -0.508 e. The van der Waals surface area contributed by atoms with Gasteiger partial charge in [0.15, 0.2) is 0 Å². The van der Waals surface area contributed by atoms with Gasteiger partial charge in [-0.3, -0.25) is 0 Å². The molecule has 4 aromatic carbocycles. The van der Waals surface area contributed by atoms with Crippen LogP contribution in [-0.4, -0.2) is 16.2 Å². The lowest BCUT2D eigenvalue weighted by molar-refractivity contribution is -0.138. The summed E-state index contributed by atoms with van der Waals surface area (Å²) < 4.78 is 46.2. The number of hydrogen-bond donors (Lipinski definition) is 2. The van der Waals surface area contributed by atoms with Crippen molar-refractivity contribution in [1.29, 1.82) is 0 Å². The summed E-state index contributed by atoms with van der Waals surface area (Å²) >= 11 is 0. The second kappa shape index (κ2) is 13.7. The van der Waals surface area contributed by atoms with Crippen LogP contribution in [0.1, 0.15) is 50.2 Å². The number of para-hydroxylation sites is 1. The number of ether oxygens (including phenoxy) is 1. The maximum Gasteiger partial charge on any atom is 0.416 e. The number of aliphatic hydroxyl groups is 1. The first-order chi connectivity index (χ1) is 20.1. The topological polar surface area (TPSA) is 66.8 Å². The Morgan fingerprint density at radius 1 is 0.833 bits per heavy atom. The molecule has 4 nitrogen and oxygen atoms in total. The Morgan fingerprint density at radius 3 is 2.12 bits per heavy atom. The molecule has 1 unspecified atom stereocenters. The summed E-state index contributed by atoms with van der Waals surface area (Å²) in [6, 6.07) is 26.9. The predicted octanol–water partition coefficient (Wildman–Crippen LogP) is 9.02. The quantitative estimate of drug-likeness (QED) is 0.166. The Balaban J connectivity index is 1.53. The molecule has 0 saturated heterocycles. The van der Waals surface area contributed by atoms with Crippen LogP contribution in [0, 0.1) is 5.92 Å². The summed E-state index contributed by atoms with van der Waals surface area (Å²) in [6.07, 6.45) is 1.69. The van der Waals surface area contributed by atoms with Crippen molar-refractivity contribution in [1.82, 2.24) is 0 Å². The van der Waals surface area contributed by atoms with E-state index in [4.69, 9.17) is 4.74 Å². The number of hydrogen-bond acceptors (Lipinski definition) is 3. The van der Waals surface area contributed by atoms with Gasteiger partial charge in [-0.15, -0.1) is 0 Å². The fourth-order valence-electron chi connectivity index (χ4n) is 4.64. The third kappa shape index (κ3) is 8.36. The first-order valence-electron chi connectivity index (χ1n) is 13.4. The first kappa shape index (κ1) is 30.2. The lowest BCUT2D eigenvalue weighted by atomic mass is 9.91. The van der Waals surface area contributed by atoms with Crippen molar-refractivity contribution in [3.63, 3.8) is 0 Å². The highest BCUT2D eigenvalue weighted by molar-refractivity contribution is 5.87. The zero-order chi connectivity index (χ0) is 30.1. The van der Waals surface area contributed by atoms with Gasteiger partial charge < -0.3 is 14.9 Å². The number of aliphatic hydroxyl groups excluding tert-OH is 1. The van der Waals surface area contributed by atoms with Gasteiger partial charge in [0.25, 0.3) is 0 Å². The number of carboxylic acid groups (broad SMARTS) is 1. The Hall–Kier alpha value is -4.78. The van der Waals surface area contributed by atoms with E-state index in [9.17, 15) is 28.2 Å². The summed E-state index contributed by atoms with van der Waals surface area (Å²) in [5.74, 6) is -0.446. The van der Waals surface area contributed by atoms with Crippen molar-refractivity contribution in [3.8, 4) is 5.75 Å². The molecule has 0 spiro atoms. The molecule has 0 saturated carbocycles. The zero-order valence-electron chi connectivity index (χ0n) is 22.9. The minimum absolute atomic E-state index is 0.00921. The molecular formula is C35H31F3O4. The number of carboxylic acids is 1. The Bertz CT molecular complexity index is 1540. The van der Waals surface area contributed by atoms with Crippen LogP contribution in [0.15, 0.2) is 110 Å². The third-order valence-electron chi connectivity index (χ3n) is 6.96. The van der Waals surface area contributed by atoms with Gasteiger partial charge in [-0.25, -0.2) is 4.79 Å². The number of carbonyl (C=O) groups is 1. The molecule has 4 rings (SSSR count). The molecule has 0 aliphatic carbocycles. The molecule has 0 amide bonds. The van der Waals surface area contributed by atoms with Crippen molar-refractivity contribution in [2.24, 2.45) is 5.92 Å². The van der Waals surface area contributed by atoms with Gasteiger partial charge >= 0.3 is 12.1 Å². The van der Waals surface area contributed by atoms with E-state index in [1.54, 1.807) is 42.5 Å². The Kier molecular flexibility index (Phi) is 9.86. The predicted molar refractivity (Wildman–Crippen MR) is 158 cm³/mol. The number of halogens is 3. The van der Waals surface area contributed by atoms with Crippen LogP contribution in [0.3, 0.4) is 0 Å². The highest BCUT2D eigenvalue weighted by Gasteiger charge is 2.33. The van der Waals surface area contributed by atoms with E-state index in [0.717, 1.165) is 35.6 Å². The number of rotatable bonds is 12. The summed E-state index contributed by atoms with van der Waals surface area (Å²) in [4.78, 5) is 11.3. The molecular weight excluding hydrogens is 541 g/mol. The number of alkyl halides is 3. The Morgan fingerprint density at radius 2 is 1.45 bits per heavy atom. The van der Waals surface area contributed by atoms with Gasteiger partial charge in [-0.1, -0.05) is 91.5 Å². The van der Waals surface area contributed by atoms with Crippen LogP contribution >= 0.6 is 0 Å². The largest absolute Gasteiger partial charge is 0.508 e. The fraction of sp³-hybridized carbons (Fsp3) is 0.171. The average Bonchev–Trinajstić information content (AvgIpc) is 2.98. The van der Waals surface area contributed by atoms with E-state index < -0.39 is 17.7 Å². The van der Waals surface area contributed by atoms with Gasteiger partial charge in [0, 0.05) is 16.7 Å². The fourth-order valence-corrected chi connectivity index (χ4v) is 4.64. The molecule has 1 atom stereocenters. The maximum absolute atomic E-state index is 13.4. The highest BCUT2D eigenvalue weighted by atomic mass is 19.4.